The number of hydrogen-bond donors (Lipinski definition) is 14. The molecule has 5 aliphatic rings. The third kappa shape index (κ3) is 11.4. The minimum atomic E-state index is -1.64. The van der Waals surface area contributed by atoms with Crippen molar-refractivity contribution in [3.8, 4) is 0 Å². The van der Waals surface area contributed by atoms with Crippen molar-refractivity contribution in [1.29, 1.82) is 0 Å². The van der Waals surface area contributed by atoms with Crippen molar-refractivity contribution >= 4 is 5.91 Å². The van der Waals surface area contributed by atoms with Crippen LogP contribution >= 0.6 is 0 Å². The van der Waals surface area contributed by atoms with E-state index in [1.54, 1.807) is 0 Å². The van der Waals surface area contributed by atoms with Gasteiger partial charge in [0.05, 0.1) is 30.4 Å². The van der Waals surface area contributed by atoms with E-state index in [9.17, 15) is 40.5 Å². The highest BCUT2D eigenvalue weighted by molar-refractivity contribution is 5.80. The van der Waals surface area contributed by atoms with Crippen molar-refractivity contribution in [2.45, 2.75) is 155 Å². The molecule has 330 valence electrons. The monoisotopic (exact) mass is 821 g/mol. The maximum absolute atomic E-state index is 12.9. The van der Waals surface area contributed by atoms with E-state index < -0.39 is 122 Å². The van der Waals surface area contributed by atoms with Gasteiger partial charge in [-0.15, -0.1) is 0 Å². The van der Waals surface area contributed by atoms with Gasteiger partial charge in [-0.2, -0.15) is 0 Å². The molecule has 0 aromatic heterocycles. The van der Waals surface area contributed by atoms with Gasteiger partial charge in [-0.05, 0) is 51.7 Å². The molecule has 5 rings (SSSR count). The van der Waals surface area contributed by atoms with Crippen LogP contribution in [0, 0.1) is 5.92 Å². The SMILES string of the molecule is CCCC1C=CC(CNCC2(O)CCNCC2)OC1OC1C(N)CC(NC(=O)C(O)CCN)C(O)C1OC1OC(CO)C(OC2OC(CN)C(O)C(O)C2N)C1O. The lowest BCUT2D eigenvalue weighted by Crippen LogP contribution is -2.66. The predicted molar refractivity (Wildman–Crippen MR) is 200 cm³/mol. The average molecular weight is 822 g/mol. The standard InChI is InChI=1S/C36H67N7O14/c1-2-3-17-4-5-18(14-42-16-36(51)7-10-41-11-8-36)52-33(17)55-29-19(39)12-20(43-32(50)21(45)6-9-37)25(46)31(29)57-35-28(49)30(23(15-44)54-35)56-34-24(40)27(48)26(47)22(13-38)53-34/h4-5,17-31,33-35,41-42,44-49,51H,2-3,6-16,37-40H2,1H3,(H,43,50). The van der Waals surface area contributed by atoms with Crippen LogP contribution in [-0.2, 0) is 33.2 Å². The number of carbonyl (C=O) groups excluding carboxylic acids is 1. The number of piperidine rings is 1. The fourth-order valence-electron chi connectivity index (χ4n) is 8.16. The third-order valence-electron chi connectivity index (χ3n) is 11.6. The summed E-state index contributed by atoms with van der Waals surface area (Å²) in [5.74, 6) is -0.995. The summed E-state index contributed by atoms with van der Waals surface area (Å²) in [4.78, 5) is 12.9. The Kier molecular flexibility index (Phi) is 17.4. The molecule has 0 bridgehead atoms. The first-order valence-corrected chi connectivity index (χ1v) is 20.2. The molecule has 3 saturated heterocycles. The summed E-state index contributed by atoms with van der Waals surface area (Å²) < 4.78 is 36.9. The average Bonchev–Trinajstić information content (AvgIpc) is 3.49. The van der Waals surface area contributed by atoms with Crippen LogP contribution in [0.4, 0.5) is 0 Å². The molecule has 0 radical (unpaired) electrons. The van der Waals surface area contributed by atoms with Crippen LogP contribution in [-0.4, -0.2) is 197 Å². The highest BCUT2D eigenvalue weighted by Crippen LogP contribution is 2.35. The van der Waals surface area contributed by atoms with Crippen molar-refractivity contribution in [3.63, 3.8) is 0 Å². The Labute approximate surface area is 332 Å². The number of amides is 1. The van der Waals surface area contributed by atoms with E-state index in [2.05, 4.69) is 16.0 Å². The summed E-state index contributed by atoms with van der Waals surface area (Å²) >= 11 is 0. The Morgan fingerprint density at radius 1 is 0.912 bits per heavy atom. The van der Waals surface area contributed by atoms with Gasteiger partial charge in [-0.25, -0.2) is 0 Å². The van der Waals surface area contributed by atoms with Crippen LogP contribution < -0.4 is 38.9 Å². The van der Waals surface area contributed by atoms with Gasteiger partial charge in [0, 0.05) is 31.6 Å². The summed E-state index contributed by atoms with van der Waals surface area (Å²) in [5, 5.41) is 84.9. The lowest BCUT2D eigenvalue weighted by Gasteiger charge is -2.46. The quantitative estimate of drug-likeness (QED) is 0.0572. The zero-order chi connectivity index (χ0) is 41.4. The molecule has 1 amide bonds. The fourth-order valence-corrected chi connectivity index (χ4v) is 8.16. The zero-order valence-electron chi connectivity index (χ0n) is 32.5. The number of ether oxygens (including phenoxy) is 6. The molecule has 18 unspecified atom stereocenters. The minimum absolute atomic E-state index is 0.00131. The molecular formula is C36H67N7O14. The van der Waals surface area contributed by atoms with Crippen molar-refractivity contribution in [2.75, 3.05) is 45.9 Å². The molecule has 18 atom stereocenters. The summed E-state index contributed by atoms with van der Waals surface area (Å²) in [6, 6.07) is -3.21. The van der Waals surface area contributed by atoms with E-state index in [-0.39, 0.29) is 31.8 Å². The van der Waals surface area contributed by atoms with Gasteiger partial charge in [0.2, 0.25) is 5.91 Å². The van der Waals surface area contributed by atoms with Crippen molar-refractivity contribution < 1.29 is 69.0 Å². The maximum Gasteiger partial charge on any atom is 0.249 e. The van der Waals surface area contributed by atoms with Crippen LogP contribution in [0.1, 0.15) is 45.4 Å². The molecular weight excluding hydrogens is 754 g/mol. The number of nitrogens with two attached hydrogens (primary N) is 4. The number of rotatable bonds is 18. The molecule has 18 N–H and O–H groups in total. The van der Waals surface area contributed by atoms with E-state index in [1.165, 1.54) is 0 Å². The highest BCUT2D eigenvalue weighted by atomic mass is 16.8. The molecule has 57 heavy (non-hydrogen) atoms. The summed E-state index contributed by atoms with van der Waals surface area (Å²) in [6.45, 7) is 3.45. The normalized spacial score (nSPS) is 42.8. The first-order chi connectivity index (χ1) is 27.2. The second-order valence-electron chi connectivity index (χ2n) is 15.9. The molecule has 21 nitrogen and oxygen atoms in total. The summed E-state index contributed by atoms with van der Waals surface area (Å²) in [6.07, 6.45) is -11.2. The molecule has 4 aliphatic heterocycles. The van der Waals surface area contributed by atoms with Crippen LogP contribution in [0.15, 0.2) is 12.2 Å². The van der Waals surface area contributed by atoms with Crippen LogP contribution in [0.3, 0.4) is 0 Å². The largest absolute Gasteiger partial charge is 0.394 e. The summed E-state index contributed by atoms with van der Waals surface area (Å²) in [7, 11) is 0. The molecule has 21 heteroatoms. The Morgan fingerprint density at radius 3 is 2.26 bits per heavy atom. The Balaban J connectivity index is 1.34. The van der Waals surface area contributed by atoms with Crippen LogP contribution in [0.2, 0.25) is 0 Å². The van der Waals surface area contributed by atoms with E-state index in [0.29, 0.717) is 32.4 Å². The molecule has 0 spiro atoms. The van der Waals surface area contributed by atoms with Gasteiger partial charge in [0.25, 0.3) is 0 Å². The number of aliphatic hydroxyl groups excluding tert-OH is 6. The highest BCUT2D eigenvalue weighted by Gasteiger charge is 2.54. The van der Waals surface area contributed by atoms with Crippen molar-refractivity contribution in [2.24, 2.45) is 28.9 Å². The van der Waals surface area contributed by atoms with E-state index in [1.807, 2.05) is 19.1 Å². The molecule has 1 saturated carbocycles. The number of aliphatic hydroxyl groups is 7. The second-order valence-corrected chi connectivity index (χ2v) is 15.9. The summed E-state index contributed by atoms with van der Waals surface area (Å²) in [5.41, 5.74) is 23.2. The maximum atomic E-state index is 12.9. The molecule has 4 heterocycles. The minimum Gasteiger partial charge on any atom is -0.394 e. The van der Waals surface area contributed by atoms with E-state index >= 15 is 0 Å². The van der Waals surface area contributed by atoms with Gasteiger partial charge in [-0.3, -0.25) is 4.79 Å². The first kappa shape index (κ1) is 46.5. The lowest BCUT2D eigenvalue weighted by molar-refractivity contribution is -0.287. The zero-order valence-corrected chi connectivity index (χ0v) is 32.5. The predicted octanol–water partition coefficient (Wildman–Crippen LogP) is -6.36. The molecule has 1 aliphatic carbocycles. The van der Waals surface area contributed by atoms with E-state index in [4.69, 9.17) is 51.4 Å². The second kappa shape index (κ2) is 21.3. The first-order valence-electron chi connectivity index (χ1n) is 20.2. The molecule has 0 aromatic carbocycles. The van der Waals surface area contributed by atoms with Crippen molar-refractivity contribution in [1.82, 2.24) is 16.0 Å². The van der Waals surface area contributed by atoms with Crippen molar-refractivity contribution in [3.05, 3.63) is 12.2 Å². The van der Waals surface area contributed by atoms with Gasteiger partial charge in [-0.1, -0.05) is 25.5 Å². The Hall–Kier alpha value is -1.55. The number of nitrogens with one attached hydrogen (secondary N) is 3. The van der Waals surface area contributed by atoms with Gasteiger partial charge >= 0.3 is 0 Å². The molecule has 4 fully saturated rings. The van der Waals surface area contributed by atoms with Crippen LogP contribution in [0.5, 0.6) is 0 Å². The molecule has 0 aromatic rings. The van der Waals surface area contributed by atoms with Gasteiger partial charge < -0.3 is 103 Å². The van der Waals surface area contributed by atoms with Gasteiger partial charge in [0.1, 0.15) is 61.0 Å². The lowest BCUT2D eigenvalue weighted by atomic mass is 9.83. The third-order valence-corrected chi connectivity index (χ3v) is 11.6. The smallest absolute Gasteiger partial charge is 0.249 e. The number of hydrogen-bond acceptors (Lipinski definition) is 20. The van der Waals surface area contributed by atoms with Gasteiger partial charge in [0.15, 0.2) is 18.9 Å². The Bertz CT molecular complexity index is 1270. The topological polar surface area (TPSA) is 354 Å². The Morgan fingerprint density at radius 2 is 1.60 bits per heavy atom. The van der Waals surface area contributed by atoms with E-state index in [0.717, 1.165) is 19.5 Å². The number of carbonyl (C=O) groups is 1. The van der Waals surface area contributed by atoms with Crippen LogP contribution in [0.25, 0.3) is 0 Å². The fraction of sp³-hybridized carbons (Fsp3) is 0.917.